The minimum atomic E-state index is -0.0186. The van der Waals surface area contributed by atoms with Crippen LogP contribution in [-0.2, 0) is 4.79 Å². The molecule has 0 bridgehead atoms. The molecule has 0 aliphatic carbocycles. The Bertz CT molecular complexity index is 557. The average Bonchev–Trinajstić information content (AvgIpc) is 2.72. The number of hydrogen-bond acceptors (Lipinski definition) is 3. The van der Waals surface area contributed by atoms with Crippen molar-refractivity contribution < 1.29 is 9.59 Å². The smallest absolute Gasteiger partial charge is 0.253 e. The van der Waals surface area contributed by atoms with E-state index in [9.17, 15) is 9.59 Å². The number of carbonyl (C=O) groups excluding carboxylic acids is 2. The van der Waals surface area contributed by atoms with E-state index < -0.39 is 0 Å². The Hall–Kier alpha value is -1.95. The third kappa shape index (κ3) is 3.78. The van der Waals surface area contributed by atoms with E-state index in [1.54, 1.807) is 41.0 Å². The molecule has 1 heterocycles. The van der Waals surface area contributed by atoms with E-state index in [2.05, 4.69) is 0 Å². The number of amides is 2. The van der Waals surface area contributed by atoms with Gasteiger partial charge in [0, 0.05) is 44.2 Å². The van der Waals surface area contributed by atoms with Crippen LogP contribution in [0.25, 0.3) is 0 Å². The van der Waals surface area contributed by atoms with Crippen LogP contribution in [0.1, 0.15) is 29.3 Å². The molecule has 0 saturated carbocycles. The van der Waals surface area contributed by atoms with Crippen molar-refractivity contribution in [3.05, 3.63) is 35.4 Å². The summed E-state index contributed by atoms with van der Waals surface area (Å²) in [5.74, 6) is 0.0417. The lowest BCUT2D eigenvalue weighted by molar-refractivity contribution is -0.128. The van der Waals surface area contributed by atoms with Gasteiger partial charge in [-0.05, 0) is 18.6 Å². The topological polar surface area (TPSA) is 66.6 Å². The Balaban J connectivity index is 2.05. The molecule has 0 radical (unpaired) electrons. The van der Waals surface area contributed by atoms with Gasteiger partial charge in [0.05, 0.1) is 0 Å². The average molecular weight is 305 g/mol. The van der Waals surface area contributed by atoms with E-state index in [1.165, 1.54) is 0 Å². The molecule has 6 heteroatoms. The summed E-state index contributed by atoms with van der Waals surface area (Å²) >= 11 is 4.90. The molecule has 112 valence electrons. The highest BCUT2D eigenvalue weighted by atomic mass is 32.1. The SMILES string of the molecule is CC(=O)N1CCCN(C(=O)c2ccc(C(N)=S)cc2)CC1. The van der Waals surface area contributed by atoms with Crippen molar-refractivity contribution in [2.75, 3.05) is 26.2 Å². The molecule has 2 N–H and O–H groups in total. The van der Waals surface area contributed by atoms with Crippen LogP contribution in [0.15, 0.2) is 24.3 Å². The maximum atomic E-state index is 12.5. The molecule has 1 fully saturated rings. The van der Waals surface area contributed by atoms with E-state index in [0.717, 1.165) is 12.0 Å². The summed E-state index contributed by atoms with van der Waals surface area (Å²) in [6.45, 7) is 4.09. The fraction of sp³-hybridized carbons (Fsp3) is 0.400. The lowest BCUT2D eigenvalue weighted by atomic mass is 10.1. The maximum Gasteiger partial charge on any atom is 0.253 e. The molecule has 1 aromatic rings. The summed E-state index contributed by atoms with van der Waals surface area (Å²) in [4.78, 5) is 27.8. The number of rotatable bonds is 2. The predicted molar refractivity (Wildman–Crippen MR) is 85.1 cm³/mol. The molecule has 1 saturated heterocycles. The van der Waals surface area contributed by atoms with Crippen molar-refractivity contribution in [2.45, 2.75) is 13.3 Å². The first-order valence-electron chi connectivity index (χ1n) is 6.93. The molecule has 2 rings (SSSR count). The maximum absolute atomic E-state index is 12.5. The Morgan fingerprint density at radius 1 is 1.00 bits per heavy atom. The van der Waals surface area contributed by atoms with Gasteiger partial charge in [0.2, 0.25) is 5.91 Å². The summed E-state index contributed by atoms with van der Waals surface area (Å²) < 4.78 is 0. The van der Waals surface area contributed by atoms with Crippen LogP contribution in [0.2, 0.25) is 0 Å². The molecule has 0 unspecified atom stereocenters. The van der Waals surface area contributed by atoms with Crippen molar-refractivity contribution in [1.82, 2.24) is 9.80 Å². The third-order valence-corrected chi connectivity index (χ3v) is 3.88. The van der Waals surface area contributed by atoms with Gasteiger partial charge in [0.1, 0.15) is 4.99 Å². The van der Waals surface area contributed by atoms with Gasteiger partial charge in [-0.15, -0.1) is 0 Å². The molecule has 1 aliphatic heterocycles. The summed E-state index contributed by atoms with van der Waals surface area (Å²) in [5, 5.41) is 0. The number of hydrogen-bond donors (Lipinski definition) is 1. The number of nitrogens with two attached hydrogens (primary N) is 1. The van der Waals surface area contributed by atoms with Crippen LogP contribution in [0.3, 0.4) is 0 Å². The monoisotopic (exact) mass is 305 g/mol. The van der Waals surface area contributed by atoms with Gasteiger partial charge in [-0.25, -0.2) is 0 Å². The van der Waals surface area contributed by atoms with Crippen molar-refractivity contribution in [3.8, 4) is 0 Å². The molecule has 0 aromatic heterocycles. The highest BCUT2D eigenvalue weighted by Crippen LogP contribution is 2.11. The van der Waals surface area contributed by atoms with Gasteiger partial charge in [-0.1, -0.05) is 24.4 Å². The van der Waals surface area contributed by atoms with E-state index in [4.69, 9.17) is 18.0 Å². The normalized spacial score (nSPS) is 15.5. The van der Waals surface area contributed by atoms with E-state index in [-0.39, 0.29) is 11.8 Å². The quantitative estimate of drug-likeness (QED) is 0.828. The first-order valence-corrected chi connectivity index (χ1v) is 7.34. The van der Waals surface area contributed by atoms with Gasteiger partial charge in [0.15, 0.2) is 0 Å². The van der Waals surface area contributed by atoms with Gasteiger partial charge in [-0.3, -0.25) is 9.59 Å². The molecular weight excluding hydrogens is 286 g/mol. The van der Waals surface area contributed by atoms with Gasteiger partial charge < -0.3 is 15.5 Å². The zero-order valence-electron chi connectivity index (χ0n) is 12.0. The summed E-state index contributed by atoms with van der Waals surface area (Å²) in [6.07, 6.45) is 0.802. The molecule has 0 spiro atoms. The van der Waals surface area contributed by atoms with Crippen molar-refractivity contribution in [1.29, 1.82) is 0 Å². The zero-order valence-corrected chi connectivity index (χ0v) is 12.9. The van der Waals surface area contributed by atoms with Crippen LogP contribution in [0, 0.1) is 0 Å². The van der Waals surface area contributed by atoms with Gasteiger partial charge in [0.25, 0.3) is 5.91 Å². The first-order chi connectivity index (χ1) is 9.99. The third-order valence-electron chi connectivity index (χ3n) is 3.64. The Morgan fingerprint density at radius 2 is 1.52 bits per heavy atom. The molecule has 2 amide bonds. The van der Waals surface area contributed by atoms with Crippen LogP contribution in [0.4, 0.5) is 0 Å². The molecule has 21 heavy (non-hydrogen) atoms. The zero-order chi connectivity index (χ0) is 15.4. The fourth-order valence-corrected chi connectivity index (χ4v) is 2.53. The Kier molecular flexibility index (Phi) is 4.90. The van der Waals surface area contributed by atoms with Crippen LogP contribution >= 0.6 is 12.2 Å². The molecular formula is C15H19N3O2S. The second-order valence-electron chi connectivity index (χ2n) is 5.09. The van der Waals surface area contributed by atoms with Crippen LogP contribution < -0.4 is 5.73 Å². The number of carbonyl (C=O) groups is 2. The standard InChI is InChI=1S/C15H19N3O2S/c1-11(19)17-7-2-8-18(10-9-17)15(20)13-5-3-12(4-6-13)14(16)21/h3-6H,2,7-10H2,1H3,(H2,16,21). The minimum Gasteiger partial charge on any atom is -0.389 e. The summed E-state index contributed by atoms with van der Waals surface area (Å²) in [7, 11) is 0. The molecule has 1 aromatic carbocycles. The van der Waals surface area contributed by atoms with E-state index >= 15 is 0 Å². The predicted octanol–water partition coefficient (Wildman–Crippen LogP) is 1.02. The van der Waals surface area contributed by atoms with Crippen molar-refractivity contribution in [3.63, 3.8) is 0 Å². The summed E-state index contributed by atoms with van der Waals surface area (Å²) in [5.41, 5.74) is 6.91. The minimum absolute atomic E-state index is 0.0186. The van der Waals surface area contributed by atoms with Crippen LogP contribution in [0.5, 0.6) is 0 Å². The van der Waals surface area contributed by atoms with E-state index in [1.807, 2.05) is 0 Å². The van der Waals surface area contributed by atoms with Gasteiger partial charge in [-0.2, -0.15) is 0 Å². The number of nitrogens with zero attached hydrogens (tertiary/aromatic N) is 2. The second-order valence-corrected chi connectivity index (χ2v) is 5.53. The second kappa shape index (κ2) is 6.67. The van der Waals surface area contributed by atoms with E-state index in [0.29, 0.717) is 36.7 Å². The lowest BCUT2D eigenvalue weighted by Crippen LogP contribution is -2.36. The summed E-state index contributed by atoms with van der Waals surface area (Å²) in [6, 6.07) is 7.00. The molecule has 1 aliphatic rings. The Labute approximate surface area is 129 Å². The molecule has 0 atom stereocenters. The van der Waals surface area contributed by atoms with Crippen LogP contribution in [-0.4, -0.2) is 52.8 Å². The highest BCUT2D eigenvalue weighted by molar-refractivity contribution is 7.80. The number of thiocarbonyl (C=S) groups is 1. The fourth-order valence-electron chi connectivity index (χ4n) is 2.40. The largest absolute Gasteiger partial charge is 0.389 e. The van der Waals surface area contributed by atoms with Crippen molar-refractivity contribution >= 4 is 29.0 Å². The first kappa shape index (κ1) is 15.4. The number of benzene rings is 1. The van der Waals surface area contributed by atoms with Crippen molar-refractivity contribution in [2.24, 2.45) is 5.73 Å². The van der Waals surface area contributed by atoms with Gasteiger partial charge >= 0.3 is 0 Å². The molecule has 5 nitrogen and oxygen atoms in total. The highest BCUT2D eigenvalue weighted by Gasteiger charge is 2.21. The Morgan fingerprint density at radius 3 is 2.10 bits per heavy atom. The lowest BCUT2D eigenvalue weighted by Gasteiger charge is -2.21.